The highest BCUT2D eigenvalue weighted by Gasteiger charge is 2.47. The molecule has 1 saturated heterocycles. The standard InChI is InChI=1S/C27H32N4O4/c32-23(16-18-8-12-28-13-9-18)31-24(19-4-2-1-3-5-19)25(33)29-20-6-7-21-22(17-20)30-26(34)27(21)10-14-35-15-11-27/h6-9,12-13,17,19,24H,1-5,10-11,14-16H2,(H,29,33)(H,30,34)(H,31,32)/t24-/m1/s1. The summed E-state index contributed by atoms with van der Waals surface area (Å²) in [6.45, 7) is 1.13. The maximum Gasteiger partial charge on any atom is 0.247 e. The molecule has 1 saturated carbocycles. The molecular weight excluding hydrogens is 444 g/mol. The molecule has 0 radical (unpaired) electrons. The van der Waals surface area contributed by atoms with E-state index in [-0.39, 0.29) is 30.1 Å². The number of benzene rings is 1. The van der Waals surface area contributed by atoms with E-state index in [2.05, 4.69) is 20.9 Å². The van der Waals surface area contributed by atoms with Crippen LogP contribution in [0.3, 0.4) is 0 Å². The van der Waals surface area contributed by atoms with Gasteiger partial charge >= 0.3 is 0 Å². The molecule has 3 heterocycles. The van der Waals surface area contributed by atoms with E-state index < -0.39 is 11.5 Å². The van der Waals surface area contributed by atoms with Gasteiger partial charge in [-0.3, -0.25) is 19.4 Å². The van der Waals surface area contributed by atoms with E-state index in [0.29, 0.717) is 31.7 Å². The van der Waals surface area contributed by atoms with Gasteiger partial charge in [0.05, 0.1) is 11.8 Å². The largest absolute Gasteiger partial charge is 0.381 e. The van der Waals surface area contributed by atoms with Crippen LogP contribution in [0, 0.1) is 5.92 Å². The molecule has 0 unspecified atom stereocenters. The van der Waals surface area contributed by atoms with E-state index in [0.717, 1.165) is 48.9 Å². The highest BCUT2D eigenvalue weighted by atomic mass is 16.5. The summed E-state index contributed by atoms with van der Waals surface area (Å²) in [5.41, 5.74) is 2.64. The second kappa shape index (κ2) is 10.2. The normalized spacial score (nSPS) is 20.1. The van der Waals surface area contributed by atoms with Crippen LogP contribution in [0.25, 0.3) is 0 Å². The van der Waals surface area contributed by atoms with Crippen molar-refractivity contribution in [2.75, 3.05) is 23.8 Å². The number of rotatable bonds is 6. The van der Waals surface area contributed by atoms with Crippen LogP contribution in [-0.2, 0) is 31.0 Å². The summed E-state index contributed by atoms with van der Waals surface area (Å²) in [4.78, 5) is 43.0. The van der Waals surface area contributed by atoms with Crippen LogP contribution in [-0.4, -0.2) is 42.0 Å². The van der Waals surface area contributed by atoms with Crippen LogP contribution in [0.2, 0.25) is 0 Å². The molecule has 1 spiro atoms. The summed E-state index contributed by atoms with van der Waals surface area (Å²) >= 11 is 0. The Morgan fingerprint density at radius 3 is 2.57 bits per heavy atom. The van der Waals surface area contributed by atoms with Crippen molar-refractivity contribution in [3.8, 4) is 0 Å². The molecule has 1 aromatic heterocycles. The minimum atomic E-state index is -0.602. The van der Waals surface area contributed by atoms with Crippen LogP contribution in [0.15, 0.2) is 42.7 Å². The fraction of sp³-hybridized carbons (Fsp3) is 0.481. The number of hydrogen-bond donors (Lipinski definition) is 3. The van der Waals surface area contributed by atoms with Gasteiger partial charge in [-0.1, -0.05) is 25.3 Å². The highest BCUT2D eigenvalue weighted by Crippen LogP contribution is 2.45. The molecule has 1 atom stereocenters. The van der Waals surface area contributed by atoms with Gasteiger partial charge in [-0.05, 0) is 67.0 Å². The van der Waals surface area contributed by atoms with Crippen LogP contribution in [0.1, 0.15) is 56.1 Å². The third kappa shape index (κ3) is 4.93. The number of nitrogens with zero attached hydrogens (tertiary/aromatic N) is 1. The summed E-state index contributed by atoms with van der Waals surface area (Å²) in [5.74, 6) is -0.290. The lowest BCUT2D eigenvalue weighted by atomic mass is 9.75. The molecule has 2 aromatic rings. The first kappa shape index (κ1) is 23.5. The lowest BCUT2D eigenvalue weighted by molar-refractivity contribution is -0.127. The van der Waals surface area contributed by atoms with Crippen molar-refractivity contribution in [3.05, 3.63) is 53.9 Å². The molecule has 2 aliphatic heterocycles. The van der Waals surface area contributed by atoms with Crippen LogP contribution < -0.4 is 16.0 Å². The predicted molar refractivity (Wildman–Crippen MR) is 132 cm³/mol. The van der Waals surface area contributed by atoms with Gasteiger partial charge < -0.3 is 20.7 Å². The molecular formula is C27H32N4O4. The summed E-state index contributed by atoms with van der Waals surface area (Å²) < 4.78 is 5.47. The highest BCUT2D eigenvalue weighted by molar-refractivity contribution is 6.07. The Labute approximate surface area is 205 Å². The van der Waals surface area contributed by atoms with E-state index in [1.807, 2.05) is 18.2 Å². The maximum absolute atomic E-state index is 13.4. The quantitative estimate of drug-likeness (QED) is 0.593. The minimum absolute atomic E-state index is 0.00253. The number of amides is 3. The predicted octanol–water partition coefficient (Wildman–Crippen LogP) is 3.33. The SMILES string of the molecule is O=C(Cc1ccncc1)N[C@@H](C(=O)Nc1ccc2c(c1)NC(=O)C21CCOCC1)C1CCCCC1. The number of hydrogen-bond acceptors (Lipinski definition) is 5. The zero-order chi connectivity index (χ0) is 24.3. The summed E-state index contributed by atoms with van der Waals surface area (Å²) in [6.07, 6.45) is 9.95. The molecule has 184 valence electrons. The molecule has 2 fully saturated rings. The molecule has 3 amide bonds. The number of carbonyl (C=O) groups excluding carboxylic acids is 3. The molecule has 3 N–H and O–H groups in total. The molecule has 1 aliphatic carbocycles. The summed E-state index contributed by atoms with van der Waals surface area (Å²) in [5, 5.41) is 9.01. The number of nitrogens with one attached hydrogen (secondary N) is 3. The fourth-order valence-corrected chi connectivity index (χ4v) is 5.72. The van der Waals surface area contributed by atoms with E-state index in [1.165, 1.54) is 0 Å². The van der Waals surface area contributed by atoms with E-state index in [9.17, 15) is 14.4 Å². The molecule has 0 bridgehead atoms. The summed E-state index contributed by atoms with van der Waals surface area (Å²) in [6, 6.07) is 8.62. The van der Waals surface area contributed by atoms with Crippen molar-refractivity contribution in [2.45, 2.75) is 62.8 Å². The monoisotopic (exact) mass is 476 g/mol. The maximum atomic E-state index is 13.4. The Bertz CT molecular complexity index is 1090. The van der Waals surface area contributed by atoms with Crippen molar-refractivity contribution in [1.82, 2.24) is 10.3 Å². The van der Waals surface area contributed by atoms with Crippen molar-refractivity contribution in [3.63, 3.8) is 0 Å². The lowest BCUT2D eigenvalue weighted by Gasteiger charge is -2.31. The number of pyridine rings is 1. The number of ether oxygens (including phenoxy) is 1. The third-order valence-corrected chi connectivity index (χ3v) is 7.67. The average molecular weight is 477 g/mol. The first-order valence-corrected chi connectivity index (χ1v) is 12.6. The molecule has 1 aromatic carbocycles. The van der Waals surface area contributed by atoms with Crippen molar-refractivity contribution in [2.24, 2.45) is 5.92 Å². The topological polar surface area (TPSA) is 109 Å². The second-order valence-electron chi connectivity index (χ2n) is 9.87. The van der Waals surface area contributed by atoms with Crippen molar-refractivity contribution >= 4 is 29.1 Å². The molecule has 8 heteroatoms. The van der Waals surface area contributed by atoms with E-state index >= 15 is 0 Å². The molecule has 5 rings (SSSR count). The van der Waals surface area contributed by atoms with Gasteiger partial charge in [0.15, 0.2) is 0 Å². The number of aromatic nitrogens is 1. The Balaban J connectivity index is 1.31. The van der Waals surface area contributed by atoms with Crippen LogP contribution in [0.4, 0.5) is 11.4 Å². The summed E-state index contributed by atoms with van der Waals surface area (Å²) in [7, 11) is 0. The van der Waals surface area contributed by atoms with Crippen LogP contribution in [0.5, 0.6) is 0 Å². The molecule has 3 aliphatic rings. The molecule has 8 nitrogen and oxygen atoms in total. The smallest absolute Gasteiger partial charge is 0.247 e. The first-order chi connectivity index (χ1) is 17.0. The number of anilines is 2. The van der Waals surface area contributed by atoms with Crippen molar-refractivity contribution < 1.29 is 19.1 Å². The zero-order valence-electron chi connectivity index (χ0n) is 19.8. The van der Waals surface area contributed by atoms with E-state index in [1.54, 1.807) is 24.5 Å². The van der Waals surface area contributed by atoms with Gasteiger partial charge in [0.2, 0.25) is 17.7 Å². The lowest BCUT2D eigenvalue weighted by Crippen LogP contribution is -2.49. The second-order valence-corrected chi connectivity index (χ2v) is 9.87. The zero-order valence-corrected chi connectivity index (χ0v) is 19.8. The van der Waals surface area contributed by atoms with E-state index in [4.69, 9.17) is 4.74 Å². The van der Waals surface area contributed by atoms with Gasteiger partial charge in [-0.15, -0.1) is 0 Å². The third-order valence-electron chi connectivity index (χ3n) is 7.67. The van der Waals surface area contributed by atoms with Gasteiger partial charge in [0, 0.05) is 37.0 Å². The number of fused-ring (bicyclic) bond motifs is 2. The fourth-order valence-electron chi connectivity index (χ4n) is 5.72. The Morgan fingerprint density at radius 1 is 1.09 bits per heavy atom. The van der Waals surface area contributed by atoms with Crippen molar-refractivity contribution in [1.29, 1.82) is 0 Å². The number of carbonyl (C=O) groups is 3. The van der Waals surface area contributed by atoms with Gasteiger partial charge in [-0.2, -0.15) is 0 Å². The van der Waals surface area contributed by atoms with Gasteiger partial charge in [0.1, 0.15) is 6.04 Å². The van der Waals surface area contributed by atoms with Gasteiger partial charge in [-0.25, -0.2) is 0 Å². The molecule has 35 heavy (non-hydrogen) atoms. The minimum Gasteiger partial charge on any atom is -0.381 e. The van der Waals surface area contributed by atoms with Crippen LogP contribution >= 0.6 is 0 Å². The van der Waals surface area contributed by atoms with Gasteiger partial charge in [0.25, 0.3) is 0 Å². The Hall–Kier alpha value is -3.26. The Morgan fingerprint density at radius 2 is 1.83 bits per heavy atom. The average Bonchev–Trinajstić information content (AvgIpc) is 3.14. The Kier molecular flexibility index (Phi) is 6.81. The first-order valence-electron chi connectivity index (χ1n) is 12.6.